The van der Waals surface area contributed by atoms with E-state index < -0.39 is 0 Å². The lowest BCUT2D eigenvalue weighted by Crippen LogP contribution is -2.37. The van der Waals surface area contributed by atoms with Crippen LogP contribution in [0.15, 0.2) is 17.5 Å². The molecule has 0 saturated heterocycles. The van der Waals surface area contributed by atoms with Crippen molar-refractivity contribution in [2.24, 2.45) is 5.41 Å². The molecule has 1 heterocycles. The average molecular weight is 253 g/mol. The molecule has 0 aliphatic carbocycles. The molecule has 1 nitrogen and oxygen atoms in total. The highest BCUT2D eigenvalue weighted by atomic mass is 32.1. The molecule has 17 heavy (non-hydrogen) atoms. The van der Waals surface area contributed by atoms with E-state index in [9.17, 15) is 0 Å². The van der Waals surface area contributed by atoms with Crippen LogP contribution in [0, 0.1) is 5.41 Å². The van der Waals surface area contributed by atoms with E-state index in [4.69, 9.17) is 0 Å². The zero-order valence-corrected chi connectivity index (χ0v) is 12.6. The van der Waals surface area contributed by atoms with Crippen LogP contribution in [0.1, 0.15) is 51.8 Å². The lowest BCUT2D eigenvalue weighted by molar-refractivity contribution is 0.222. The molecule has 0 aliphatic heterocycles. The highest BCUT2D eigenvalue weighted by Gasteiger charge is 2.25. The van der Waals surface area contributed by atoms with Gasteiger partial charge < -0.3 is 5.32 Å². The number of hydrogen-bond donors (Lipinski definition) is 1. The Balaban J connectivity index is 2.51. The van der Waals surface area contributed by atoms with Crippen LogP contribution in [0.25, 0.3) is 0 Å². The van der Waals surface area contributed by atoms with E-state index in [1.54, 1.807) is 0 Å². The lowest BCUT2D eigenvalue weighted by atomic mass is 9.78. The van der Waals surface area contributed by atoms with Crippen LogP contribution >= 0.6 is 11.3 Å². The number of nitrogens with one attached hydrogen (secondary N) is 1. The van der Waals surface area contributed by atoms with Gasteiger partial charge >= 0.3 is 0 Å². The third-order valence-corrected chi connectivity index (χ3v) is 4.80. The van der Waals surface area contributed by atoms with E-state index in [1.807, 2.05) is 11.3 Å². The molecule has 1 aromatic rings. The van der Waals surface area contributed by atoms with Crippen molar-refractivity contribution >= 4 is 11.3 Å². The van der Waals surface area contributed by atoms with Crippen molar-refractivity contribution in [1.29, 1.82) is 0 Å². The predicted octanol–water partition coefficient (Wildman–Crippen LogP) is 4.49. The van der Waals surface area contributed by atoms with Crippen molar-refractivity contribution in [3.8, 4) is 0 Å². The summed E-state index contributed by atoms with van der Waals surface area (Å²) in [6.45, 7) is 10.3. The zero-order chi connectivity index (χ0) is 12.7. The number of hydrogen-bond acceptors (Lipinski definition) is 2. The monoisotopic (exact) mass is 253 g/mol. The van der Waals surface area contributed by atoms with E-state index >= 15 is 0 Å². The van der Waals surface area contributed by atoms with Crippen molar-refractivity contribution in [1.82, 2.24) is 5.32 Å². The van der Waals surface area contributed by atoms with Gasteiger partial charge in [0.1, 0.15) is 0 Å². The Kier molecular flexibility index (Phi) is 6.21. The van der Waals surface area contributed by atoms with Crippen LogP contribution in [0.3, 0.4) is 0 Å². The van der Waals surface area contributed by atoms with Gasteiger partial charge in [0.2, 0.25) is 0 Å². The molecule has 0 atom stereocenters. The van der Waals surface area contributed by atoms with Crippen LogP contribution in [0.2, 0.25) is 0 Å². The zero-order valence-electron chi connectivity index (χ0n) is 11.8. The van der Waals surface area contributed by atoms with Gasteiger partial charge in [0.05, 0.1) is 0 Å². The Morgan fingerprint density at radius 3 is 2.47 bits per heavy atom. The molecule has 0 saturated carbocycles. The largest absolute Gasteiger partial charge is 0.314 e. The first kappa shape index (κ1) is 14.7. The first-order valence-corrected chi connectivity index (χ1v) is 7.75. The number of aryl methyl sites for hydroxylation is 1. The molecule has 1 rings (SSSR count). The molecular weight excluding hydrogens is 226 g/mol. The van der Waals surface area contributed by atoms with E-state index in [2.05, 4.69) is 50.5 Å². The van der Waals surface area contributed by atoms with E-state index in [1.165, 1.54) is 30.6 Å². The minimum absolute atomic E-state index is 0.480. The smallest absolute Gasteiger partial charge is 0.00454 e. The van der Waals surface area contributed by atoms with Crippen LogP contribution in [-0.2, 0) is 6.42 Å². The second-order valence-electron chi connectivity index (χ2n) is 5.32. The Bertz CT molecular complexity index is 286. The molecule has 0 radical (unpaired) electrons. The third-order valence-electron chi connectivity index (χ3n) is 3.87. The predicted molar refractivity (Wildman–Crippen MR) is 78.8 cm³/mol. The van der Waals surface area contributed by atoms with Gasteiger partial charge in [-0.15, -0.1) is 11.3 Å². The third kappa shape index (κ3) is 4.81. The molecule has 0 amide bonds. The second-order valence-corrected chi connectivity index (χ2v) is 6.35. The second kappa shape index (κ2) is 7.17. The minimum atomic E-state index is 0.480. The minimum Gasteiger partial charge on any atom is -0.314 e. The van der Waals surface area contributed by atoms with Crippen molar-refractivity contribution < 1.29 is 0 Å². The van der Waals surface area contributed by atoms with Crippen molar-refractivity contribution in [2.45, 2.75) is 59.4 Å². The van der Waals surface area contributed by atoms with Crippen LogP contribution in [-0.4, -0.2) is 12.6 Å². The molecule has 0 aliphatic rings. The van der Waals surface area contributed by atoms with Crippen LogP contribution in [0.5, 0.6) is 0 Å². The summed E-state index contributed by atoms with van der Waals surface area (Å²) in [7, 11) is 0. The van der Waals surface area contributed by atoms with Gasteiger partial charge in [0.25, 0.3) is 0 Å². The summed E-state index contributed by atoms with van der Waals surface area (Å²) < 4.78 is 0. The maximum atomic E-state index is 3.62. The summed E-state index contributed by atoms with van der Waals surface area (Å²) in [6, 6.07) is 5.01. The summed E-state index contributed by atoms with van der Waals surface area (Å²) in [5.41, 5.74) is 0.480. The van der Waals surface area contributed by atoms with Gasteiger partial charge in [-0.05, 0) is 42.5 Å². The summed E-state index contributed by atoms with van der Waals surface area (Å²) >= 11 is 1.89. The fourth-order valence-electron chi connectivity index (χ4n) is 2.21. The molecule has 2 heteroatoms. The highest BCUT2D eigenvalue weighted by Crippen LogP contribution is 2.32. The summed E-state index contributed by atoms with van der Waals surface area (Å²) in [4.78, 5) is 1.53. The number of thiophene rings is 1. The molecule has 98 valence electrons. The molecule has 0 unspecified atom stereocenters. The summed E-state index contributed by atoms with van der Waals surface area (Å²) in [6.07, 6.45) is 5.09. The first-order chi connectivity index (χ1) is 8.12. The Morgan fingerprint density at radius 1 is 1.29 bits per heavy atom. The Morgan fingerprint density at radius 2 is 2.00 bits per heavy atom. The fraction of sp³-hybridized carbons (Fsp3) is 0.733. The van der Waals surface area contributed by atoms with Crippen molar-refractivity contribution in [3.05, 3.63) is 22.4 Å². The van der Waals surface area contributed by atoms with Gasteiger partial charge in [0, 0.05) is 17.5 Å². The van der Waals surface area contributed by atoms with Gasteiger partial charge in [0.15, 0.2) is 0 Å². The van der Waals surface area contributed by atoms with Crippen molar-refractivity contribution in [2.75, 3.05) is 6.54 Å². The van der Waals surface area contributed by atoms with Crippen molar-refractivity contribution in [3.63, 3.8) is 0 Å². The molecule has 0 fully saturated rings. The summed E-state index contributed by atoms with van der Waals surface area (Å²) in [5, 5.41) is 5.80. The van der Waals surface area contributed by atoms with E-state index in [-0.39, 0.29) is 0 Å². The molecule has 1 N–H and O–H groups in total. The SMILES string of the molecule is CCC(CC)(CCc1cccs1)CNC(C)C. The van der Waals surface area contributed by atoms with Gasteiger partial charge in [-0.2, -0.15) is 0 Å². The maximum Gasteiger partial charge on any atom is 0.00454 e. The average Bonchev–Trinajstić information content (AvgIpc) is 2.83. The Hall–Kier alpha value is -0.340. The van der Waals surface area contributed by atoms with E-state index in [0.29, 0.717) is 11.5 Å². The fourth-order valence-corrected chi connectivity index (χ4v) is 2.91. The van der Waals surface area contributed by atoms with Gasteiger partial charge in [-0.3, -0.25) is 0 Å². The molecule has 0 spiro atoms. The van der Waals surface area contributed by atoms with Crippen LogP contribution < -0.4 is 5.32 Å². The molecule has 0 aromatic carbocycles. The molecule has 0 bridgehead atoms. The summed E-state index contributed by atoms with van der Waals surface area (Å²) in [5.74, 6) is 0. The van der Waals surface area contributed by atoms with Gasteiger partial charge in [-0.25, -0.2) is 0 Å². The highest BCUT2D eigenvalue weighted by molar-refractivity contribution is 7.09. The quantitative estimate of drug-likeness (QED) is 0.720. The lowest BCUT2D eigenvalue weighted by Gasteiger charge is -2.33. The number of rotatable bonds is 8. The molecule has 1 aromatic heterocycles. The molecular formula is C15H27NS. The maximum absolute atomic E-state index is 3.62. The topological polar surface area (TPSA) is 12.0 Å². The van der Waals surface area contributed by atoms with Crippen LogP contribution in [0.4, 0.5) is 0 Å². The first-order valence-electron chi connectivity index (χ1n) is 6.87. The van der Waals surface area contributed by atoms with Gasteiger partial charge in [-0.1, -0.05) is 33.8 Å². The van der Waals surface area contributed by atoms with E-state index in [0.717, 1.165) is 6.54 Å². The normalized spacial score (nSPS) is 12.3. The Labute approximate surface area is 111 Å². The standard InChI is InChI=1S/C15H27NS/c1-5-15(6-2,12-16-13(3)4)10-9-14-8-7-11-17-14/h7-8,11,13,16H,5-6,9-10,12H2,1-4H3.